The predicted octanol–water partition coefficient (Wildman–Crippen LogP) is 6.01. The molecule has 192 valence electrons. The van der Waals surface area contributed by atoms with Crippen LogP contribution < -0.4 is 10.1 Å². The van der Waals surface area contributed by atoms with Gasteiger partial charge in [-0.3, -0.25) is 4.79 Å². The van der Waals surface area contributed by atoms with Gasteiger partial charge in [-0.25, -0.2) is 4.79 Å². The van der Waals surface area contributed by atoms with Crippen molar-refractivity contribution in [2.24, 2.45) is 7.05 Å². The number of hydrogen-bond acceptors (Lipinski definition) is 8. The van der Waals surface area contributed by atoms with Crippen LogP contribution in [-0.4, -0.2) is 46.6 Å². The zero-order chi connectivity index (χ0) is 26.7. The number of methoxy groups -OCH3 is 2. The summed E-state index contributed by atoms with van der Waals surface area (Å²) >= 11 is 8.68. The molecule has 1 N–H and O–H groups in total. The Morgan fingerprint density at radius 1 is 1.08 bits per heavy atom. The van der Waals surface area contributed by atoms with E-state index in [0.717, 1.165) is 22.3 Å². The third-order valence-electron chi connectivity index (χ3n) is 5.69. The van der Waals surface area contributed by atoms with E-state index in [2.05, 4.69) is 15.5 Å². The molecule has 4 aromatic rings. The fourth-order valence-corrected chi connectivity index (χ4v) is 5.65. The topological polar surface area (TPSA) is 95.3 Å². The van der Waals surface area contributed by atoms with Crippen LogP contribution in [0.25, 0.3) is 22.5 Å². The quantitative estimate of drug-likeness (QED) is 0.210. The van der Waals surface area contributed by atoms with Gasteiger partial charge in [0.2, 0.25) is 5.91 Å². The number of carbonyl (C=O) groups excluding carboxylic acids is 2. The average molecular weight is 557 g/mol. The van der Waals surface area contributed by atoms with Crippen molar-refractivity contribution in [2.45, 2.75) is 19.0 Å². The first-order chi connectivity index (χ1) is 17.7. The van der Waals surface area contributed by atoms with Gasteiger partial charge >= 0.3 is 5.97 Å². The number of aryl methyl sites for hydroxylation is 2. The number of aromatic nitrogens is 3. The Morgan fingerprint density at radius 2 is 1.86 bits per heavy atom. The molecule has 1 amide bonds. The van der Waals surface area contributed by atoms with E-state index in [1.807, 2.05) is 37.4 Å². The van der Waals surface area contributed by atoms with Crippen molar-refractivity contribution < 1.29 is 19.1 Å². The number of esters is 1. The first-order valence-corrected chi connectivity index (χ1v) is 13.4. The Balaban J connectivity index is 1.53. The fourth-order valence-electron chi connectivity index (χ4n) is 3.80. The van der Waals surface area contributed by atoms with Gasteiger partial charge in [0.25, 0.3) is 0 Å². The van der Waals surface area contributed by atoms with Gasteiger partial charge in [0.05, 0.1) is 25.5 Å². The standard InChI is InChI=1S/C26H25ClN4O4S2/c1-14-6-7-15(2)17(10-14)19-12-36-24(22(19)25(33)35-5)28-21(32)13-37-26-30-29-23(31(26)3)18-11-16(27)8-9-20(18)34-4/h6-12H,13H2,1-5H3,(H,28,32). The Labute approximate surface area is 228 Å². The summed E-state index contributed by atoms with van der Waals surface area (Å²) in [6.45, 7) is 3.98. The molecule has 0 aliphatic heterocycles. The lowest BCUT2D eigenvalue weighted by Gasteiger charge is -2.10. The van der Waals surface area contributed by atoms with Gasteiger partial charge < -0.3 is 19.4 Å². The molecule has 11 heteroatoms. The molecule has 0 spiro atoms. The van der Waals surface area contributed by atoms with Crippen LogP contribution in [0.2, 0.25) is 5.02 Å². The fraction of sp³-hybridized carbons (Fsp3) is 0.231. The molecular formula is C26H25ClN4O4S2. The largest absolute Gasteiger partial charge is 0.496 e. The normalized spacial score (nSPS) is 10.9. The number of nitrogens with one attached hydrogen (secondary N) is 1. The van der Waals surface area contributed by atoms with Crippen LogP contribution in [-0.2, 0) is 16.6 Å². The summed E-state index contributed by atoms with van der Waals surface area (Å²) in [5, 5.41) is 14.7. The molecule has 0 aliphatic rings. The number of hydrogen-bond donors (Lipinski definition) is 1. The number of carbonyl (C=O) groups is 2. The maximum atomic E-state index is 12.9. The number of thioether (sulfide) groups is 1. The Morgan fingerprint density at radius 3 is 2.59 bits per heavy atom. The van der Waals surface area contributed by atoms with E-state index in [4.69, 9.17) is 21.1 Å². The van der Waals surface area contributed by atoms with E-state index in [0.29, 0.717) is 37.9 Å². The summed E-state index contributed by atoms with van der Waals surface area (Å²) < 4.78 is 12.2. The highest BCUT2D eigenvalue weighted by Crippen LogP contribution is 2.38. The van der Waals surface area contributed by atoms with E-state index in [1.54, 1.807) is 36.9 Å². The van der Waals surface area contributed by atoms with Gasteiger partial charge in [-0.15, -0.1) is 21.5 Å². The number of amides is 1. The zero-order valence-corrected chi connectivity index (χ0v) is 23.3. The predicted molar refractivity (Wildman–Crippen MR) is 148 cm³/mol. The number of benzene rings is 2. The van der Waals surface area contributed by atoms with E-state index in [-0.39, 0.29) is 11.7 Å². The summed E-state index contributed by atoms with van der Waals surface area (Å²) in [7, 11) is 4.71. The molecule has 0 aliphatic carbocycles. The lowest BCUT2D eigenvalue weighted by molar-refractivity contribution is -0.113. The van der Waals surface area contributed by atoms with Gasteiger partial charge in [-0.1, -0.05) is 47.1 Å². The molecule has 0 radical (unpaired) electrons. The summed E-state index contributed by atoms with van der Waals surface area (Å²) in [4.78, 5) is 25.6. The van der Waals surface area contributed by atoms with Crippen molar-refractivity contribution in [1.82, 2.24) is 14.8 Å². The molecular weight excluding hydrogens is 532 g/mol. The third kappa shape index (κ3) is 5.66. The smallest absolute Gasteiger partial charge is 0.341 e. The van der Waals surface area contributed by atoms with Crippen molar-refractivity contribution in [1.29, 1.82) is 0 Å². The lowest BCUT2D eigenvalue weighted by atomic mass is 9.97. The highest BCUT2D eigenvalue weighted by molar-refractivity contribution is 7.99. The zero-order valence-electron chi connectivity index (χ0n) is 20.9. The molecule has 2 heterocycles. The Bertz CT molecular complexity index is 1480. The minimum absolute atomic E-state index is 0.0654. The van der Waals surface area contributed by atoms with Crippen LogP contribution in [0, 0.1) is 13.8 Å². The van der Waals surface area contributed by atoms with E-state index in [1.165, 1.54) is 30.2 Å². The van der Waals surface area contributed by atoms with Crippen molar-refractivity contribution >= 4 is 51.6 Å². The van der Waals surface area contributed by atoms with E-state index < -0.39 is 5.97 Å². The van der Waals surface area contributed by atoms with Crippen LogP contribution >= 0.6 is 34.7 Å². The monoisotopic (exact) mass is 556 g/mol. The van der Waals surface area contributed by atoms with Crippen molar-refractivity contribution in [2.75, 3.05) is 25.3 Å². The molecule has 0 atom stereocenters. The molecule has 0 bridgehead atoms. The van der Waals surface area contributed by atoms with Crippen LogP contribution in [0.5, 0.6) is 5.75 Å². The molecule has 0 saturated carbocycles. The number of rotatable bonds is 8. The number of anilines is 1. The molecule has 2 aromatic heterocycles. The van der Waals surface area contributed by atoms with E-state index in [9.17, 15) is 9.59 Å². The second-order valence-corrected chi connectivity index (χ2v) is 10.5. The SMILES string of the molecule is COC(=O)c1c(-c2cc(C)ccc2C)csc1NC(=O)CSc1nnc(-c2cc(Cl)ccc2OC)n1C. The maximum absolute atomic E-state index is 12.9. The van der Waals surface area contributed by atoms with Crippen LogP contribution in [0.15, 0.2) is 46.9 Å². The molecule has 37 heavy (non-hydrogen) atoms. The van der Waals surface area contributed by atoms with Crippen LogP contribution in [0.1, 0.15) is 21.5 Å². The number of ether oxygens (including phenoxy) is 2. The summed E-state index contributed by atoms with van der Waals surface area (Å²) in [5.74, 6) is 0.451. The number of halogens is 1. The minimum atomic E-state index is -0.506. The molecule has 4 rings (SSSR count). The third-order valence-corrected chi connectivity index (χ3v) is 7.84. The summed E-state index contributed by atoms with van der Waals surface area (Å²) in [6, 6.07) is 11.3. The second-order valence-electron chi connectivity index (χ2n) is 8.21. The van der Waals surface area contributed by atoms with Gasteiger partial charge in [0, 0.05) is 23.0 Å². The Hall–Kier alpha value is -3.34. The molecule has 0 fully saturated rings. The molecule has 2 aromatic carbocycles. The molecule has 0 saturated heterocycles. The Kier molecular flexibility index (Phi) is 8.21. The summed E-state index contributed by atoms with van der Waals surface area (Å²) in [5.41, 5.74) is 4.79. The average Bonchev–Trinajstić information content (AvgIpc) is 3.46. The molecule has 0 unspecified atom stereocenters. The second kappa shape index (κ2) is 11.4. The maximum Gasteiger partial charge on any atom is 0.341 e. The summed E-state index contributed by atoms with van der Waals surface area (Å²) in [6.07, 6.45) is 0. The van der Waals surface area contributed by atoms with Crippen LogP contribution in [0.3, 0.4) is 0 Å². The first kappa shape index (κ1) is 26.7. The highest BCUT2D eigenvalue weighted by Gasteiger charge is 2.24. The molecule has 8 nitrogen and oxygen atoms in total. The lowest BCUT2D eigenvalue weighted by Crippen LogP contribution is -2.16. The van der Waals surface area contributed by atoms with Crippen molar-refractivity contribution in [3.8, 4) is 28.3 Å². The first-order valence-electron chi connectivity index (χ1n) is 11.2. The number of thiophene rings is 1. The minimum Gasteiger partial charge on any atom is -0.496 e. The van der Waals surface area contributed by atoms with Gasteiger partial charge in [0.15, 0.2) is 11.0 Å². The van der Waals surface area contributed by atoms with E-state index >= 15 is 0 Å². The van der Waals surface area contributed by atoms with Crippen LogP contribution in [0.4, 0.5) is 5.00 Å². The highest BCUT2D eigenvalue weighted by atomic mass is 35.5. The van der Waals surface area contributed by atoms with Gasteiger partial charge in [-0.2, -0.15) is 0 Å². The van der Waals surface area contributed by atoms with Crippen molar-refractivity contribution in [3.63, 3.8) is 0 Å². The van der Waals surface area contributed by atoms with Gasteiger partial charge in [0.1, 0.15) is 16.3 Å². The van der Waals surface area contributed by atoms with Gasteiger partial charge in [-0.05, 0) is 43.2 Å². The number of nitrogens with zero attached hydrogens (tertiary/aromatic N) is 3. The van der Waals surface area contributed by atoms with Crippen molar-refractivity contribution in [3.05, 3.63) is 63.5 Å².